The van der Waals surface area contributed by atoms with E-state index in [0.717, 1.165) is 0 Å². The average Bonchev–Trinajstić information content (AvgIpc) is 2.43. The van der Waals surface area contributed by atoms with E-state index in [1.54, 1.807) is 24.3 Å². The topological polar surface area (TPSA) is 72.5 Å². The van der Waals surface area contributed by atoms with Crippen LogP contribution in [-0.2, 0) is 13.8 Å². The molecule has 2 aromatic carbocycles. The summed E-state index contributed by atoms with van der Waals surface area (Å²) in [4.78, 5) is 11.2. The van der Waals surface area contributed by atoms with Gasteiger partial charge in [-0.3, -0.25) is 4.79 Å². The Kier molecular flexibility index (Phi) is 4.15. The van der Waals surface area contributed by atoms with E-state index in [0.29, 0.717) is 16.5 Å². The quantitative estimate of drug-likeness (QED) is 0.875. The molecule has 20 heavy (non-hydrogen) atoms. The summed E-state index contributed by atoms with van der Waals surface area (Å²) in [5.41, 5.74) is 0. The molecule has 0 aromatic heterocycles. The van der Waals surface area contributed by atoms with E-state index >= 15 is 0 Å². The Balaban J connectivity index is 2.52. The second-order valence-electron chi connectivity index (χ2n) is 4.01. The van der Waals surface area contributed by atoms with Gasteiger partial charge in [0.25, 0.3) is 15.0 Å². The zero-order valence-electron chi connectivity index (χ0n) is 10.6. The first-order chi connectivity index (χ1) is 9.43. The molecule has 0 atom stereocenters. The number of carbonyl (C=O) groups excluding carboxylic acids is 1. The van der Waals surface area contributed by atoms with Gasteiger partial charge in [-0.2, -0.15) is 0 Å². The first-order valence-electron chi connectivity index (χ1n) is 5.73. The van der Waals surface area contributed by atoms with Crippen molar-refractivity contribution in [3.8, 4) is 5.75 Å². The first-order valence-corrected chi connectivity index (χ1v) is 8.04. The number of halogens is 1. The number of rotatable bonds is 4. The van der Waals surface area contributed by atoms with Crippen LogP contribution >= 0.6 is 10.7 Å². The van der Waals surface area contributed by atoms with Crippen LogP contribution in [0.15, 0.2) is 41.3 Å². The Morgan fingerprint density at radius 3 is 2.45 bits per heavy atom. The number of carbonyl (C=O) groups is 1. The minimum atomic E-state index is -3.84. The van der Waals surface area contributed by atoms with Crippen LogP contribution in [0.2, 0.25) is 0 Å². The molecule has 2 aromatic rings. The highest BCUT2D eigenvalue weighted by Gasteiger charge is 2.16. The van der Waals surface area contributed by atoms with Gasteiger partial charge in [-0.1, -0.05) is 24.3 Å². The lowest BCUT2D eigenvalue weighted by molar-refractivity contribution is -0.122. The van der Waals surface area contributed by atoms with Crippen molar-refractivity contribution < 1.29 is 17.9 Å². The molecule has 2 rings (SSSR count). The highest BCUT2D eigenvalue weighted by Crippen LogP contribution is 2.32. The molecule has 0 radical (unpaired) electrons. The molecule has 0 aliphatic heterocycles. The van der Waals surface area contributed by atoms with Gasteiger partial charge < -0.3 is 10.1 Å². The lowest BCUT2D eigenvalue weighted by atomic mass is 10.1. The average molecular weight is 314 g/mol. The van der Waals surface area contributed by atoms with Crippen molar-refractivity contribution in [2.75, 3.05) is 13.7 Å². The van der Waals surface area contributed by atoms with Crippen molar-refractivity contribution in [1.29, 1.82) is 0 Å². The van der Waals surface area contributed by atoms with Gasteiger partial charge in [0.05, 0.1) is 4.90 Å². The molecular weight excluding hydrogens is 302 g/mol. The third kappa shape index (κ3) is 3.02. The van der Waals surface area contributed by atoms with Crippen molar-refractivity contribution in [1.82, 2.24) is 5.32 Å². The summed E-state index contributed by atoms with van der Waals surface area (Å²) < 4.78 is 28.5. The zero-order valence-corrected chi connectivity index (χ0v) is 12.2. The first kappa shape index (κ1) is 14.6. The summed E-state index contributed by atoms with van der Waals surface area (Å²) in [5, 5.41) is 3.48. The third-order valence-electron chi connectivity index (χ3n) is 2.74. The number of hydrogen-bond donors (Lipinski definition) is 1. The van der Waals surface area contributed by atoms with Crippen LogP contribution in [0.5, 0.6) is 5.75 Å². The fourth-order valence-corrected chi connectivity index (χ4v) is 2.87. The predicted molar refractivity (Wildman–Crippen MR) is 76.5 cm³/mol. The van der Waals surface area contributed by atoms with Gasteiger partial charge in [-0.15, -0.1) is 0 Å². The lowest BCUT2D eigenvalue weighted by Gasteiger charge is -2.10. The molecule has 1 amide bonds. The molecule has 0 aliphatic rings. The Hall–Kier alpha value is -1.79. The monoisotopic (exact) mass is 313 g/mol. The van der Waals surface area contributed by atoms with E-state index < -0.39 is 9.05 Å². The SMILES string of the molecule is CNC(=O)COc1ccc(S(=O)(=O)Cl)c2ccccc12. The summed E-state index contributed by atoms with van der Waals surface area (Å²) in [5.74, 6) is 0.149. The molecule has 0 spiro atoms. The van der Waals surface area contributed by atoms with Crippen molar-refractivity contribution in [2.24, 2.45) is 0 Å². The maximum atomic E-state index is 11.5. The van der Waals surface area contributed by atoms with E-state index in [1.807, 2.05) is 0 Å². The van der Waals surface area contributed by atoms with E-state index in [4.69, 9.17) is 15.4 Å². The highest BCUT2D eigenvalue weighted by molar-refractivity contribution is 8.14. The minimum Gasteiger partial charge on any atom is -0.483 e. The van der Waals surface area contributed by atoms with Gasteiger partial charge in [0.1, 0.15) is 5.75 Å². The molecule has 0 fully saturated rings. The summed E-state index contributed by atoms with van der Waals surface area (Å²) >= 11 is 0. The Morgan fingerprint density at radius 2 is 1.85 bits per heavy atom. The smallest absolute Gasteiger partial charge is 0.261 e. The minimum absolute atomic E-state index is 0.0158. The van der Waals surface area contributed by atoms with Crippen LogP contribution in [0, 0.1) is 0 Å². The zero-order chi connectivity index (χ0) is 14.8. The van der Waals surface area contributed by atoms with Crippen molar-refractivity contribution in [3.05, 3.63) is 36.4 Å². The summed E-state index contributed by atoms with van der Waals surface area (Å²) in [7, 11) is 3.07. The number of benzene rings is 2. The number of ether oxygens (including phenoxy) is 1. The normalized spacial score (nSPS) is 11.3. The molecule has 0 heterocycles. The fraction of sp³-hybridized carbons (Fsp3) is 0.154. The van der Waals surface area contributed by atoms with Crippen LogP contribution < -0.4 is 10.1 Å². The molecule has 0 bridgehead atoms. The number of fused-ring (bicyclic) bond motifs is 1. The van der Waals surface area contributed by atoms with Crippen LogP contribution in [0.4, 0.5) is 0 Å². The summed E-state index contributed by atoms with van der Waals surface area (Å²) in [6.07, 6.45) is 0. The van der Waals surface area contributed by atoms with Gasteiger partial charge >= 0.3 is 0 Å². The lowest BCUT2D eigenvalue weighted by Crippen LogP contribution is -2.24. The van der Waals surface area contributed by atoms with Crippen molar-refractivity contribution in [2.45, 2.75) is 4.90 Å². The van der Waals surface area contributed by atoms with Crippen LogP contribution in [0.3, 0.4) is 0 Å². The second-order valence-corrected chi connectivity index (χ2v) is 6.54. The van der Waals surface area contributed by atoms with Gasteiger partial charge in [0.2, 0.25) is 0 Å². The number of likely N-dealkylation sites (N-methyl/N-ethyl adjacent to an activating group) is 1. The van der Waals surface area contributed by atoms with E-state index in [-0.39, 0.29) is 17.4 Å². The molecule has 0 saturated carbocycles. The predicted octanol–water partition coefficient (Wildman–Crippen LogP) is 1.89. The van der Waals surface area contributed by atoms with E-state index in [2.05, 4.69) is 5.32 Å². The van der Waals surface area contributed by atoms with Gasteiger partial charge in [0, 0.05) is 28.5 Å². The number of nitrogens with one attached hydrogen (secondary N) is 1. The summed E-state index contributed by atoms with van der Waals surface area (Å²) in [6, 6.07) is 9.65. The number of amides is 1. The largest absolute Gasteiger partial charge is 0.483 e. The number of hydrogen-bond acceptors (Lipinski definition) is 4. The molecule has 0 aliphatic carbocycles. The van der Waals surface area contributed by atoms with Crippen LogP contribution in [0.1, 0.15) is 0 Å². The fourth-order valence-electron chi connectivity index (χ4n) is 1.80. The Morgan fingerprint density at radius 1 is 1.20 bits per heavy atom. The molecule has 106 valence electrons. The second kappa shape index (κ2) is 5.68. The molecule has 0 saturated heterocycles. The maximum Gasteiger partial charge on any atom is 0.261 e. The molecule has 0 unspecified atom stereocenters. The molecule has 1 N–H and O–H groups in total. The van der Waals surface area contributed by atoms with Gasteiger partial charge in [-0.05, 0) is 12.1 Å². The van der Waals surface area contributed by atoms with Gasteiger partial charge in [0.15, 0.2) is 6.61 Å². The molecule has 7 heteroatoms. The molecule has 5 nitrogen and oxygen atoms in total. The van der Waals surface area contributed by atoms with Crippen LogP contribution in [-0.4, -0.2) is 28.0 Å². The maximum absolute atomic E-state index is 11.5. The summed E-state index contributed by atoms with van der Waals surface area (Å²) in [6.45, 7) is -0.145. The van der Waals surface area contributed by atoms with Crippen molar-refractivity contribution in [3.63, 3.8) is 0 Å². The highest BCUT2D eigenvalue weighted by atomic mass is 35.7. The van der Waals surface area contributed by atoms with E-state index in [9.17, 15) is 13.2 Å². The Bertz CT molecular complexity index is 758. The molecular formula is C13H12ClNO4S. The van der Waals surface area contributed by atoms with Crippen molar-refractivity contribution >= 4 is 36.4 Å². The van der Waals surface area contributed by atoms with Gasteiger partial charge in [-0.25, -0.2) is 8.42 Å². The standard InChI is InChI=1S/C13H12ClNO4S/c1-15-13(16)8-19-11-6-7-12(20(14,17)18)10-5-3-2-4-9(10)11/h2-7H,8H2,1H3,(H,15,16). The Labute approximate surface area is 120 Å². The third-order valence-corrected chi connectivity index (χ3v) is 4.12. The van der Waals surface area contributed by atoms with Crippen LogP contribution in [0.25, 0.3) is 10.8 Å². The van der Waals surface area contributed by atoms with E-state index in [1.165, 1.54) is 19.2 Å².